The SMILES string of the molecule is CCCc1nc(NN)cc(NCCCOC)n1. The van der Waals surface area contributed by atoms with E-state index in [2.05, 4.69) is 27.6 Å². The van der Waals surface area contributed by atoms with Gasteiger partial charge in [0.15, 0.2) is 0 Å². The van der Waals surface area contributed by atoms with Gasteiger partial charge in [0.2, 0.25) is 0 Å². The Balaban J connectivity index is 2.59. The maximum Gasteiger partial charge on any atom is 0.145 e. The molecule has 0 fully saturated rings. The Labute approximate surface area is 102 Å². The van der Waals surface area contributed by atoms with E-state index in [1.165, 1.54) is 0 Å². The normalized spacial score (nSPS) is 10.3. The number of hydrazine groups is 1. The lowest BCUT2D eigenvalue weighted by Gasteiger charge is -2.09. The molecule has 17 heavy (non-hydrogen) atoms. The number of aryl methyl sites for hydroxylation is 1. The second-order valence-corrected chi connectivity index (χ2v) is 3.72. The molecule has 1 rings (SSSR count). The van der Waals surface area contributed by atoms with Crippen molar-refractivity contribution in [3.8, 4) is 0 Å². The number of hydrogen-bond donors (Lipinski definition) is 3. The number of rotatable bonds is 8. The first-order valence-corrected chi connectivity index (χ1v) is 5.87. The number of hydrogen-bond acceptors (Lipinski definition) is 6. The van der Waals surface area contributed by atoms with Crippen LogP contribution in [0.15, 0.2) is 6.07 Å². The molecule has 6 heteroatoms. The number of nitrogens with zero attached hydrogens (tertiary/aromatic N) is 2. The topological polar surface area (TPSA) is 85.1 Å². The summed E-state index contributed by atoms with van der Waals surface area (Å²) in [5.41, 5.74) is 2.55. The lowest BCUT2D eigenvalue weighted by molar-refractivity contribution is 0.198. The molecule has 0 radical (unpaired) electrons. The summed E-state index contributed by atoms with van der Waals surface area (Å²) in [6.07, 6.45) is 2.80. The Morgan fingerprint density at radius 1 is 1.35 bits per heavy atom. The van der Waals surface area contributed by atoms with E-state index in [9.17, 15) is 0 Å². The molecular weight excluding hydrogens is 218 g/mol. The lowest BCUT2D eigenvalue weighted by atomic mass is 10.3. The molecule has 1 aromatic rings. The van der Waals surface area contributed by atoms with Gasteiger partial charge in [0.05, 0.1) is 0 Å². The second-order valence-electron chi connectivity index (χ2n) is 3.72. The highest BCUT2D eigenvalue weighted by atomic mass is 16.5. The van der Waals surface area contributed by atoms with Gasteiger partial charge in [-0.15, -0.1) is 0 Å². The Morgan fingerprint density at radius 3 is 2.76 bits per heavy atom. The van der Waals surface area contributed by atoms with E-state index < -0.39 is 0 Å². The third kappa shape index (κ3) is 4.97. The van der Waals surface area contributed by atoms with Crippen molar-refractivity contribution in [2.24, 2.45) is 5.84 Å². The van der Waals surface area contributed by atoms with Crippen LogP contribution in [-0.2, 0) is 11.2 Å². The molecule has 4 N–H and O–H groups in total. The number of nitrogen functional groups attached to an aromatic ring is 1. The van der Waals surface area contributed by atoms with Crippen LogP contribution in [0.4, 0.5) is 11.6 Å². The van der Waals surface area contributed by atoms with E-state index in [-0.39, 0.29) is 0 Å². The van der Waals surface area contributed by atoms with E-state index in [4.69, 9.17) is 10.6 Å². The highest BCUT2D eigenvalue weighted by Crippen LogP contribution is 2.11. The predicted octanol–water partition coefficient (Wildman–Crippen LogP) is 1.16. The van der Waals surface area contributed by atoms with Crippen LogP contribution in [0.25, 0.3) is 0 Å². The van der Waals surface area contributed by atoms with Gasteiger partial charge in [-0.3, -0.25) is 0 Å². The van der Waals surface area contributed by atoms with Crippen LogP contribution in [0.5, 0.6) is 0 Å². The predicted molar refractivity (Wildman–Crippen MR) is 68.8 cm³/mol. The molecular formula is C11H21N5O. The summed E-state index contributed by atoms with van der Waals surface area (Å²) in [6, 6.07) is 1.80. The van der Waals surface area contributed by atoms with Crippen LogP contribution in [0, 0.1) is 0 Å². The van der Waals surface area contributed by atoms with Crippen molar-refractivity contribution in [1.82, 2.24) is 9.97 Å². The minimum Gasteiger partial charge on any atom is -0.385 e. The van der Waals surface area contributed by atoms with Crippen LogP contribution < -0.4 is 16.6 Å². The number of aromatic nitrogens is 2. The number of nitrogens with one attached hydrogen (secondary N) is 2. The molecule has 0 unspecified atom stereocenters. The molecule has 0 atom stereocenters. The van der Waals surface area contributed by atoms with Gasteiger partial charge in [-0.05, 0) is 12.8 Å². The largest absolute Gasteiger partial charge is 0.385 e. The fraction of sp³-hybridized carbons (Fsp3) is 0.636. The fourth-order valence-electron chi connectivity index (χ4n) is 1.43. The minimum absolute atomic E-state index is 0.637. The molecule has 96 valence electrons. The highest BCUT2D eigenvalue weighted by Gasteiger charge is 2.02. The highest BCUT2D eigenvalue weighted by molar-refractivity contribution is 5.46. The summed E-state index contributed by atoms with van der Waals surface area (Å²) >= 11 is 0. The van der Waals surface area contributed by atoms with Crippen LogP contribution >= 0.6 is 0 Å². The molecule has 0 aliphatic rings. The molecule has 0 saturated heterocycles. The lowest BCUT2D eigenvalue weighted by Crippen LogP contribution is -2.13. The van der Waals surface area contributed by atoms with Crippen molar-refractivity contribution in [3.05, 3.63) is 11.9 Å². The molecule has 1 aromatic heterocycles. The molecule has 0 spiro atoms. The summed E-state index contributed by atoms with van der Waals surface area (Å²) in [6.45, 7) is 3.65. The van der Waals surface area contributed by atoms with Crippen LogP contribution in [0.3, 0.4) is 0 Å². The zero-order chi connectivity index (χ0) is 12.5. The van der Waals surface area contributed by atoms with Gasteiger partial charge in [-0.25, -0.2) is 15.8 Å². The Hall–Kier alpha value is -1.40. The maximum absolute atomic E-state index is 5.37. The zero-order valence-corrected chi connectivity index (χ0v) is 10.5. The molecule has 0 saturated carbocycles. The fourth-order valence-corrected chi connectivity index (χ4v) is 1.43. The third-order valence-electron chi connectivity index (χ3n) is 2.23. The van der Waals surface area contributed by atoms with Crippen molar-refractivity contribution in [2.75, 3.05) is 31.0 Å². The second kappa shape index (κ2) is 7.81. The number of methoxy groups -OCH3 is 1. The zero-order valence-electron chi connectivity index (χ0n) is 10.5. The van der Waals surface area contributed by atoms with E-state index in [0.29, 0.717) is 5.82 Å². The first-order valence-electron chi connectivity index (χ1n) is 5.87. The molecule has 0 aliphatic carbocycles. The first-order chi connectivity index (χ1) is 8.30. The standard InChI is InChI=1S/C11H21N5O/c1-3-5-9-14-10(8-11(15-9)16-12)13-6-4-7-17-2/h8H,3-7,12H2,1-2H3,(H2,13,14,15,16). The van der Waals surface area contributed by atoms with Gasteiger partial charge >= 0.3 is 0 Å². The van der Waals surface area contributed by atoms with E-state index in [1.54, 1.807) is 13.2 Å². The molecule has 1 heterocycles. The Morgan fingerprint density at radius 2 is 2.12 bits per heavy atom. The summed E-state index contributed by atoms with van der Waals surface area (Å²) in [7, 11) is 1.69. The summed E-state index contributed by atoms with van der Waals surface area (Å²) < 4.78 is 4.98. The van der Waals surface area contributed by atoms with Crippen LogP contribution in [0.1, 0.15) is 25.6 Å². The summed E-state index contributed by atoms with van der Waals surface area (Å²) in [5, 5.41) is 3.23. The molecule has 0 aromatic carbocycles. The van der Waals surface area contributed by atoms with E-state index in [1.807, 2.05) is 0 Å². The van der Waals surface area contributed by atoms with Crippen LogP contribution in [-0.4, -0.2) is 30.2 Å². The van der Waals surface area contributed by atoms with Gasteiger partial charge in [-0.2, -0.15) is 0 Å². The summed E-state index contributed by atoms with van der Waals surface area (Å²) in [4.78, 5) is 8.68. The smallest absolute Gasteiger partial charge is 0.145 e. The number of anilines is 2. The van der Waals surface area contributed by atoms with Crippen molar-refractivity contribution in [2.45, 2.75) is 26.2 Å². The van der Waals surface area contributed by atoms with Gasteiger partial charge in [0.1, 0.15) is 17.5 Å². The average molecular weight is 239 g/mol. The molecule has 6 nitrogen and oxygen atoms in total. The first kappa shape index (κ1) is 13.7. The van der Waals surface area contributed by atoms with Gasteiger partial charge in [0.25, 0.3) is 0 Å². The Bertz CT molecular complexity index is 332. The molecule has 0 amide bonds. The maximum atomic E-state index is 5.37. The quantitative estimate of drug-likeness (QED) is 0.358. The van der Waals surface area contributed by atoms with Gasteiger partial charge in [0, 0.05) is 32.7 Å². The molecule has 0 aliphatic heterocycles. The van der Waals surface area contributed by atoms with Gasteiger partial charge in [-0.1, -0.05) is 6.92 Å². The number of ether oxygens (including phenoxy) is 1. The van der Waals surface area contributed by atoms with Gasteiger partial charge < -0.3 is 15.5 Å². The monoisotopic (exact) mass is 239 g/mol. The Kier molecular flexibility index (Phi) is 6.27. The summed E-state index contributed by atoms with van der Waals surface area (Å²) in [5.74, 6) is 7.61. The third-order valence-corrected chi connectivity index (χ3v) is 2.23. The van der Waals surface area contributed by atoms with E-state index >= 15 is 0 Å². The van der Waals surface area contributed by atoms with Crippen molar-refractivity contribution < 1.29 is 4.74 Å². The minimum atomic E-state index is 0.637. The number of nitrogens with two attached hydrogens (primary N) is 1. The average Bonchev–Trinajstić information content (AvgIpc) is 2.35. The van der Waals surface area contributed by atoms with Crippen molar-refractivity contribution in [3.63, 3.8) is 0 Å². The van der Waals surface area contributed by atoms with E-state index in [0.717, 1.165) is 44.1 Å². The van der Waals surface area contributed by atoms with Crippen molar-refractivity contribution >= 4 is 11.6 Å². The van der Waals surface area contributed by atoms with Crippen LogP contribution in [0.2, 0.25) is 0 Å². The van der Waals surface area contributed by atoms with Crippen molar-refractivity contribution in [1.29, 1.82) is 0 Å². The molecule has 0 bridgehead atoms.